The number of carboxylic acid groups (broad SMARTS) is 1. The third kappa shape index (κ3) is 5.76. The number of benzene rings is 1. The zero-order valence-electron chi connectivity index (χ0n) is 18.3. The van der Waals surface area contributed by atoms with Crippen LogP contribution < -0.4 is 0 Å². The van der Waals surface area contributed by atoms with E-state index in [1.165, 1.54) is 0 Å². The van der Waals surface area contributed by atoms with Crippen LogP contribution in [0.15, 0.2) is 42.6 Å². The number of nitrogens with zero attached hydrogens (tertiary/aromatic N) is 2. The molecule has 1 amide bonds. The van der Waals surface area contributed by atoms with Crippen molar-refractivity contribution in [3.05, 3.63) is 64.4 Å². The number of hydrogen-bond donors (Lipinski definition) is 1. The van der Waals surface area contributed by atoms with Gasteiger partial charge in [-0.2, -0.15) is 0 Å². The Morgan fingerprint density at radius 2 is 1.87 bits per heavy atom. The lowest BCUT2D eigenvalue weighted by Gasteiger charge is -2.35. The van der Waals surface area contributed by atoms with Crippen molar-refractivity contribution in [2.24, 2.45) is 0 Å². The summed E-state index contributed by atoms with van der Waals surface area (Å²) in [4.78, 5) is 30.4. The van der Waals surface area contributed by atoms with Crippen molar-refractivity contribution in [2.75, 3.05) is 0 Å². The molecule has 6 nitrogen and oxygen atoms in total. The van der Waals surface area contributed by atoms with Crippen LogP contribution in [0.4, 0.5) is 4.79 Å². The first-order valence-electron chi connectivity index (χ1n) is 10.5. The molecular formula is C24H29ClN2O4. The molecule has 3 atom stereocenters. The van der Waals surface area contributed by atoms with E-state index in [2.05, 4.69) is 11.9 Å². The molecule has 31 heavy (non-hydrogen) atoms. The maximum Gasteiger partial charge on any atom is 0.410 e. The van der Waals surface area contributed by atoms with Gasteiger partial charge in [0.25, 0.3) is 0 Å². The van der Waals surface area contributed by atoms with E-state index in [1.54, 1.807) is 24.4 Å². The third-order valence-corrected chi connectivity index (χ3v) is 5.90. The molecule has 1 aromatic heterocycles. The largest absolute Gasteiger partial charge is 0.478 e. The highest BCUT2D eigenvalue weighted by molar-refractivity contribution is 6.29. The van der Waals surface area contributed by atoms with Crippen LogP contribution in [0.5, 0.6) is 0 Å². The van der Waals surface area contributed by atoms with Crippen LogP contribution in [0.2, 0.25) is 5.15 Å². The summed E-state index contributed by atoms with van der Waals surface area (Å²) in [7, 11) is 0. The van der Waals surface area contributed by atoms with Crippen molar-refractivity contribution in [1.29, 1.82) is 0 Å². The Labute approximate surface area is 188 Å². The number of halogens is 1. The molecule has 0 spiro atoms. The number of carbonyl (C=O) groups excluding carboxylic acids is 1. The van der Waals surface area contributed by atoms with Gasteiger partial charge in [-0.1, -0.05) is 36.7 Å². The number of rotatable bonds is 5. The van der Waals surface area contributed by atoms with Gasteiger partial charge in [0.05, 0.1) is 5.56 Å². The molecule has 0 bridgehead atoms. The van der Waals surface area contributed by atoms with Crippen molar-refractivity contribution in [3.8, 4) is 0 Å². The molecule has 1 fully saturated rings. The maximum atomic E-state index is 13.2. The fourth-order valence-corrected chi connectivity index (χ4v) is 4.25. The van der Waals surface area contributed by atoms with Crippen LogP contribution in [-0.4, -0.2) is 44.7 Å². The van der Waals surface area contributed by atoms with Crippen molar-refractivity contribution < 1.29 is 19.4 Å². The topological polar surface area (TPSA) is 79.7 Å². The van der Waals surface area contributed by atoms with Gasteiger partial charge >= 0.3 is 12.1 Å². The molecule has 1 N–H and O–H groups in total. The Bertz CT molecular complexity index is 922. The number of pyridine rings is 1. The van der Waals surface area contributed by atoms with E-state index in [1.807, 2.05) is 43.9 Å². The van der Waals surface area contributed by atoms with Crippen molar-refractivity contribution in [1.82, 2.24) is 9.88 Å². The lowest BCUT2D eigenvalue weighted by atomic mass is 9.93. The molecule has 0 aliphatic carbocycles. The second-order valence-electron chi connectivity index (χ2n) is 9.10. The van der Waals surface area contributed by atoms with E-state index in [0.29, 0.717) is 11.6 Å². The summed E-state index contributed by atoms with van der Waals surface area (Å²) < 4.78 is 5.75. The Morgan fingerprint density at radius 1 is 1.19 bits per heavy atom. The summed E-state index contributed by atoms with van der Waals surface area (Å²) in [6.07, 6.45) is 3.77. The molecule has 166 valence electrons. The average Bonchev–Trinajstić information content (AvgIpc) is 3.11. The quantitative estimate of drug-likeness (QED) is 0.611. The fraction of sp³-hybridized carbons (Fsp3) is 0.458. The molecule has 0 radical (unpaired) electrons. The van der Waals surface area contributed by atoms with E-state index in [9.17, 15) is 9.59 Å². The van der Waals surface area contributed by atoms with E-state index in [-0.39, 0.29) is 29.7 Å². The molecule has 2 heterocycles. The Kier molecular flexibility index (Phi) is 6.90. The molecule has 2 aromatic rings. The third-order valence-electron chi connectivity index (χ3n) is 5.68. The molecule has 1 saturated heterocycles. The molecule has 1 aromatic carbocycles. The number of aromatic nitrogens is 1. The van der Waals surface area contributed by atoms with Gasteiger partial charge in [-0.15, -0.1) is 0 Å². The highest BCUT2D eigenvalue weighted by Crippen LogP contribution is 2.37. The minimum Gasteiger partial charge on any atom is -0.478 e. The standard InChI is InChI=1S/C24H29ClN2O4/c1-15(18-9-12-21(25)26-14-18)20-11-10-19(27(20)23(30)31-24(2,3)4)13-16-5-7-17(8-6-16)22(28)29/h5-9,12,14-15,19-20H,10-11,13H2,1-4H3,(H,28,29)/t15-,19+,20-/m1/s1. The van der Waals surface area contributed by atoms with Gasteiger partial charge in [0.1, 0.15) is 10.8 Å². The summed E-state index contributed by atoms with van der Waals surface area (Å²) in [6, 6.07) is 10.5. The van der Waals surface area contributed by atoms with E-state index in [0.717, 1.165) is 24.0 Å². The number of hydrogen-bond acceptors (Lipinski definition) is 4. The fourth-order valence-electron chi connectivity index (χ4n) is 4.14. The second kappa shape index (κ2) is 9.27. The highest BCUT2D eigenvalue weighted by Gasteiger charge is 2.42. The van der Waals surface area contributed by atoms with Crippen LogP contribution >= 0.6 is 11.6 Å². The average molecular weight is 445 g/mol. The zero-order valence-corrected chi connectivity index (χ0v) is 19.1. The van der Waals surface area contributed by atoms with Crippen LogP contribution in [-0.2, 0) is 11.2 Å². The zero-order chi connectivity index (χ0) is 22.8. The SMILES string of the molecule is C[C@H](c1ccc(Cl)nc1)[C@H]1CC[C@@H](Cc2ccc(C(=O)O)cc2)N1C(=O)OC(C)(C)C. The summed E-state index contributed by atoms with van der Waals surface area (Å²) >= 11 is 5.94. The molecule has 7 heteroatoms. The number of likely N-dealkylation sites (tertiary alicyclic amines) is 1. The monoisotopic (exact) mass is 444 g/mol. The van der Waals surface area contributed by atoms with Gasteiger partial charge in [0.2, 0.25) is 0 Å². The van der Waals surface area contributed by atoms with Gasteiger partial charge in [0, 0.05) is 24.2 Å². The molecule has 0 saturated carbocycles. The number of aromatic carboxylic acids is 1. The van der Waals surface area contributed by atoms with Crippen LogP contribution in [0.1, 0.15) is 67.9 Å². The highest BCUT2D eigenvalue weighted by atomic mass is 35.5. The Morgan fingerprint density at radius 3 is 2.42 bits per heavy atom. The number of ether oxygens (including phenoxy) is 1. The molecule has 0 unspecified atom stereocenters. The van der Waals surface area contributed by atoms with Crippen LogP contribution in [0.25, 0.3) is 0 Å². The number of carboxylic acids is 1. The van der Waals surface area contributed by atoms with Crippen molar-refractivity contribution in [3.63, 3.8) is 0 Å². The summed E-state index contributed by atoms with van der Waals surface area (Å²) in [5, 5.41) is 9.56. The Hall–Kier alpha value is -2.60. The number of carbonyl (C=O) groups is 2. The molecular weight excluding hydrogens is 416 g/mol. The first kappa shape index (κ1) is 23.1. The summed E-state index contributed by atoms with van der Waals surface area (Å²) in [5.74, 6) is -0.884. The van der Waals surface area contributed by atoms with Crippen LogP contribution in [0, 0.1) is 0 Å². The second-order valence-corrected chi connectivity index (χ2v) is 9.48. The van der Waals surface area contributed by atoms with Gasteiger partial charge in [-0.3, -0.25) is 0 Å². The van der Waals surface area contributed by atoms with Gasteiger partial charge in [-0.05, 0) is 69.4 Å². The lowest BCUT2D eigenvalue weighted by molar-refractivity contribution is 0.0126. The van der Waals surface area contributed by atoms with E-state index >= 15 is 0 Å². The first-order valence-corrected chi connectivity index (χ1v) is 10.9. The summed E-state index contributed by atoms with van der Waals surface area (Å²) in [6.45, 7) is 7.68. The first-order chi connectivity index (χ1) is 14.5. The smallest absolute Gasteiger partial charge is 0.410 e. The van der Waals surface area contributed by atoms with E-state index in [4.69, 9.17) is 21.4 Å². The predicted molar refractivity (Wildman–Crippen MR) is 120 cm³/mol. The van der Waals surface area contributed by atoms with Gasteiger partial charge in [0.15, 0.2) is 0 Å². The lowest BCUT2D eigenvalue weighted by Crippen LogP contribution is -2.46. The van der Waals surface area contributed by atoms with Crippen LogP contribution in [0.3, 0.4) is 0 Å². The van der Waals surface area contributed by atoms with Crippen molar-refractivity contribution in [2.45, 2.75) is 70.6 Å². The minimum atomic E-state index is -0.951. The Balaban J connectivity index is 1.84. The molecule has 1 aliphatic heterocycles. The molecule has 1 aliphatic rings. The molecule has 3 rings (SSSR count). The number of amides is 1. The van der Waals surface area contributed by atoms with E-state index < -0.39 is 11.6 Å². The maximum absolute atomic E-state index is 13.2. The normalized spacial score (nSPS) is 19.8. The van der Waals surface area contributed by atoms with Crippen molar-refractivity contribution >= 4 is 23.7 Å². The minimum absolute atomic E-state index is 0.0267. The van der Waals surface area contributed by atoms with Gasteiger partial charge < -0.3 is 14.7 Å². The summed E-state index contributed by atoms with van der Waals surface area (Å²) in [5.41, 5.74) is 1.67. The van der Waals surface area contributed by atoms with Gasteiger partial charge in [-0.25, -0.2) is 14.6 Å². The predicted octanol–water partition coefficient (Wildman–Crippen LogP) is 5.55.